The number of urea groups is 1. The number of halogens is 1. The molecule has 2 aromatic carbocycles. The summed E-state index contributed by atoms with van der Waals surface area (Å²) in [5, 5.41) is 5.12. The highest BCUT2D eigenvalue weighted by atomic mass is 35.5. The Morgan fingerprint density at radius 3 is 2.74 bits per heavy atom. The summed E-state index contributed by atoms with van der Waals surface area (Å²) in [4.78, 5) is 17.4. The first kappa shape index (κ1) is 21.5. The quantitative estimate of drug-likeness (QED) is 0.312. The first-order valence-corrected chi connectivity index (χ1v) is 13.0. The third-order valence-electron chi connectivity index (χ3n) is 6.99. The number of thiophene rings is 1. The van der Waals surface area contributed by atoms with Crippen LogP contribution in [0.3, 0.4) is 0 Å². The van der Waals surface area contributed by atoms with E-state index in [1.54, 1.807) is 0 Å². The molecular formula is C28H26ClN3OS. The molecule has 1 atom stereocenters. The van der Waals surface area contributed by atoms with Gasteiger partial charge in [-0.2, -0.15) is 0 Å². The van der Waals surface area contributed by atoms with Gasteiger partial charge in [0.25, 0.3) is 0 Å². The van der Waals surface area contributed by atoms with E-state index >= 15 is 0 Å². The van der Waals surface area contributed by atoms with Crippen LogP contribution in [0.15, 0.2) is 66.9 Å². The molecule has 0 radical (unpaired) electrons. The van der Waals surface area contributed by atoms with Gasteiger partial charge in [-0.1, -0.05) is 41.9 Å². The lowest BCUT2D eigenvalue weighted by atomic mass is 9.95. The molecule has 6 rings (SSSR count). The van der Waals surface area contributed by atoms with Crippen LogP contribution in [0, 0.1) is 6.92 Å². The first-order valence-electron chi connectivity index (χ1n) is 11.8. The number of rotatable bonds is 2. The summed E-state index contributed by atoms with van der Waals surface area (Å²) in [6, 6.07) is 19.7. The molecule has 2 amide bonds. The van der Waals surface area contributed by atoms with E-state index in [9.17, 15) is 4.79 Å². The maximum Gasteiger partial charge on any atom is 0.322 e. The van der Waals surface area contributed by atoms with Gasteiger partial charge in [-0.25, -0.2) is 4.79 Å². The van der Waals surface area contributed by atoms with Crippen LogP contribution in [0.25, 0.3) is 5.00 Å². The van der Waals surface area contributed by atoms with Crippen molar-refractivity contribution in [1.29, 1.82) is 0 Å². The number of benzene rings is 2. The molecule has 34 heavy (non-hydrogen) atoms. The maximum absolute atomic E-state index is 13.9. The summed E-state index contributed by atoms with van der Waals surface area (Å²) >= 11 is 8.32. The average molecular weight is 488 g/mol. The first-order chi connectivity index (χ1) is 16.6. The maximum atomic E-state index is 13.9. The van der Waals surface area contributed by atoms with Crippen molar-refractivity contribution in [2.24, 2.45) is 0 Å². The highest BCUT2D eigenvalue weighted by Gasteiger charge is 2.36. The molecule has 172 valence electrons. The Kier molecular flexibility index (Phi) is 5.47. The number of aromatic nitrogens is 1. The Hall–Kier alpha value is -3.02. The second-order valence-corrected chi connectivity index (χ2v) is 10.6. The normalized spacial score (nSPS) is 16.9. The van der Waals surface area contributed by atoms with Crippen molar-refractivity contribution in [3.63, 3.8) is 0 Å². The number of aryl methyl sites for hydroxylation is 2. The number of fused-ring (bicyclic) bond motifs is 5. The van der Waals surface area contributed by atoms with Crippen molar-refractivity contribution < 1.29 is 4.79 Å². The Labute approximate surface area is 208 Å². The van der Waals surface area contributed by atoms with Crippen molar-refractivity contribution in [2.75, 3.05) is 5.32 Å². The molecule has 0 spiro atoms. The minimum absolute atomic E-state index is 0.101. The van der Waals surface area contributed by atoms with Gasteiger partial charge in [-0.05, 0) is 79.6 Å². The second kappa shape index (κ2) is 8.64. The second-order valence-electron chi connectivity index (χ2n) is 9.13. The predicted octanol–water partition coefficient (Wildman–Crippen LogP) is 7.52. The van der Waals surface area contributed by atoms with Gasteiger partial charge in [0, 0.05) is 27.3 Å². The van der Waals surface area contributed by atoms with Crippen molar-refractivity contribution in [3.05, 3.63) is 105 Å². The van der Waals surface area contributed by atoms with Crippen molar-refractivity contribution in [3.8, 4) is 5.00 Å². The number of hydrogen-bond donors (Lipinski definition) is 1. The van der Waals surface area contributed by atoms with E-state index in [0.29, 0.717) is 11.6 Å². The van der Waals surface area contributed by atoms with Crippen molar-refractivity contribution in [2.45, 2.75) is 45.2 Å². The third kappa shape index (κ3) is 3.64. The number of amides is 2. The predicted molar refractivity (Wildman–Crippen MR) is 139 cm³/mol. The van der Waals surface area contributed by atoms with Gasteiger partial charge in [0.15, 0.2) is 0 Å². The fourth-order valence-corrected chi connectivity index (χ4v) is 6.92. The molecule has 0 saturated heterocycles. The molecule has 1 unspecified atom stereocenters. The summed E-state index contributed by atoms with van der Waals surface area (Å²) in [5.74, 6) is 0. The topological polar surface area (TPSA) is 37.3 Å². The van der Waals surface area contributed by atoms with Crippen LogP contribution < -0.4 is 5.32 Å². The zero-order valence-electron chi connectivity index (χ0n) is 19.1. The number of hydrogen-bond acceptors (Lipinski definition) is 2. The molecule has 1 aliphatic heterocycles. The fraction of sp³-hybridized carbons (Fsp3) is 0.250. The zero-order chi connectivity index (χ0) is 23.2. The molecule has 3 heterocycles. The molecule has 1 N–H and O–H groups in total. The number of nitrogens with one attached hydrogen (secondary N) is 1. The monoisotopic (exact) mass is 487 g/mol. The Morgan fingerprint density at radius 2 is 1.88 bits per heavy atom. The van der Waals surface area contributed by atoms with Gasteiger partial charge in [-0.3, -0.25) is 0 Å². The van der Waals surface area contributed by atoms with Crippen LogP contribution in [0.5, 0.6) is 0 Å². The highest BCUT2D eigenvalue weighted by Crippen LogP contribution is 2.44. The minimum atomic E-state index is -0.253. The van der Waals surface area contributed by atoms with E-state index in [-0.39, 0.29) is 12.1 Å². The lowest BCUT2D eigenvalue weighted by Gasteiger charge is -2.31. The SMILES string of the molecule is Cc1ccccc1NC(=O)N1Cc2c(sc3c2CCCC3)-n2cccc2C1c1cccc(Cl)c1. The summed E-state index contributed by atoms with van der Waals surface area (Å²) < 4.78 is 2.30. The lowest BCUT2D eigenvalue weighted by Crippen LogP contribution is -2.38. The number of anilines is 1. The van der Waals surface area contributed by atoms with Gasteiger partial charge in [0.05, 0.1) is 18.3 Å². The molecule has 4 nitrogen and oxygen atoms in total. The van der Waals surface area contributed by atoms with E-state index < -0.39 is 0 Å². The molecule has 6 heteroatoms. The third-order valence-corrected chi connectivity index (χ3v) is 8.56. The van der Waals surface area contributed by atoms with Crippen LogP contribution in [0.4, 0.5) is 10.5 Å². The standard InChI is InChI=1S/C28H26ClN3OS/c1-18-8-2-4-12-23(18)30-28(33)32-17-22-21-11-3-5-14-25(21)34-27(22)31-15-7-13-24(31)26(32)19-9-6-10-20(29)16-19/h2,4,6-10,12-13,15-16,26H,3,5,11,14,17H2,1H3,(H,30,33). The molecule has 0 fully saturated rings. The molecule has 4 aromatic rings. The molecule has 0 bridgehead atoms. The number of carbonyl (C=O) groups is 1. The van der Waals surface area contributed by atoms with Crippen LogP contribution in [-0.2, 0) is 19.4 Å². The van der Waals surface area contributed by atoms with Crippen molar-refractivity contribution in [1.82, 2.24) is 9.47 Å². The van der Waals surface area contributed by atoms with E-state index in [1.165, 1.54) is 33.8 Å². The summed E-state index contributed by atoms with van der Waals surface area (Å²) in [5.41, 5.74) is 6.72. The van der Waals surface area contributed by atoms with E-state index in [0.717, 1.165) is 35.3 Å². The fourth-order valence-electron chi connectivity index (χ4n) is 5.31. The average Bonchev–Trinajstić information content (AvgIpc) is 3.42. The smallest absolute Gasteiger partial charge is 0.310 e. The van der Waals surface area contributed by atoms with E-state index in [1.807, 2.05) is 65.6 Å². The van der Waals surface area contributed by atoms with Gasteiger partial charge >= 0.3 is 6.03 Å². The van der Waals surface area contributed by atoms with E-state index in [2.05, 4.69) is 34.3 Å². The highest BCUT2D eigenvalue weighted by molar-refractivity contribution is 7.15. The molecule has 1 aliphatic carbocycles. The largest absolute Gasteiger partial charge is 0.322 e. The summed E-state index contributed by atoms with van der Waals surface area (Å²) in [6.07, 6.45) is 6.81. The molecule has 2 aromatic heterocycles. The Morgan fingerprint density at radius 1 is 1.03 bits per heavy atom. The van der Waals surface area contributed by atoms with E-state index in [4.69, 9.17) is 11.6 Å². The van der Waals surface area contributed by atoms with Crippen LogP contribution >= 0.6 is 22.9 Å². The van der Waals surface area contributed by atoms with Gasteiger partial charge in [-0.15, -0.1) is 11.3 Å². The Bertz CT molecular complexity index is 1390. The minimum Gasteiger partial charge on any atom is -0.310 e. The molecular weight excluding hydrogens is 462 g/mol. The molecule has 2 aliphatic rings. The van der Waals surface area contributed by atoms with Crippen molar-refractivity contribution >= 4 is 34.7 Å². The lowest BCUT2D eigenvalue weighted by molar-refractivity contribution is 0.194. The summed E-state index contributed by atoms with van der Waals surface area (Å²) in [7, 11) is 0. The van der Waals surface area contributed by atoms with Gasteiger partial charge in [0.2, 0.25) is 0 Å². The zero-order valence-corrected chi connectivity index (χ0v) is 20.6. The number of carbonyl (C=O) groups excluding carboxylic acids is 1. The number of para-hydroxylation sites is 1. The Balaban J connectivity index is 1.51. The number of nitrogens with zero attached hydrogens (tertiary/aromatic N) is 2. The van der Waals surface area contributed by atoms with Gasteiger partial charge < -0.3 is 14.8 Å². The van der Waals surface area contributed by atoms with Gasteiger partial charge in [0.1, 0.15) is 5.00 Å². The van der Waals surface area contributed by atoms with Crippen LogP contribution in [0.2, 0.25) is 5.02 Å². The summed E-state index contributed by atoms with van der Waals surface area (Å²) in [6.45, 7) is 2.59. The van der Waals surface area contributed by atoms with Crippen LogP contribution in [-0.4, -0.2) is 15.5 Å². The molecule has 0 saturated carbocycles. The van der Waals surface area contributed by atoms with Crippen LogP contribution in [0.1, 0.15) is 51.7 Å².